The predicted octanol–water partition coefficient (Wildman–Crippen LogP) is 2.77. The van der Waals surface area contributed by atoms with Crippen LogP contribution in [0.25, 0.3) is 0 Å². The molecule has 0 bridgehead atoms. The van der Waals surface area contributed by atoms with Crippen LogP contribution >= 0.6 is 0 Å². The minimum atomic E-state index is -0.274. The van der Waals surface area contributed by atoms with E-state index in [0.717, 1.165) is 11.3 Å². The van der Waals surface area contributed by atoms with E-state index < -0.39 is 0 Å². The lowest BCUT2D eigenvalue weighted by molar-refractivity contribution is 0.252. The third-order valence-corrected chi connectivity index (χ3v) is 3.28. The Hall–Kier alpha value is -2.76. The van der Waals surface area contributed by atoms with Gasteiger partial charge in [-0.1, -0.05) is 12.1 Å². The summed E-state index contributed by atoms with van der Waals surface area (Å²) in [6.45, 7) is 2.38. The average molecular weight is 315 g/mol. The highest BCUT2D eigenvalue weighted by molar-refractivity contribution is 5.88. The van der Waals surface area contributed by atoms with Gasteiger partial charge in [-0.2, -0.15) is 0 Å². The molecule has 0 unspecified atom stereocenters. The first-order chi connectivity index (χ1) is 11.1. The van der Waals surface area contributed by atoms with Gasteiger partial charge in [0.05, 0.1) is 14.2 Å². The van der Waals surface area contributed by atoms with Crippen LogP contribution in [0.3, 0.4) is 0 Å². The van der Waals surface area contributed by atoms with Crippen molar-refractivity contribution < 1.29 is 14.3 Å². The van der Waals surface area contributed by atoms with Gasteiger partial charge in [0.2, 0.25) is 0 Å². The minimum Gasteiger partial charge on any atom is -0.493 e. The van der Waals surface area contributed by atoms with Crippen LogP contribution in [0.5, 0.6) is 11.5 Å². The lowest BCUT2D eigenvalue weighted by Crippen LogP contribution is -2.30. The molecule has 0 aliphatic heterocycles. The topological polar surface area (TPSA) is 72.5 Å². The Balaban J connectivity index is 1.83. The summed E-state index contributed by atoms with van der Waals surface area (Å²) in [6, 6.07) is 10.9. The molecular weight excluding hydrogens is 294 g/mol. The van der Waals surface area contributed by atoms with E-state index in [2.05, 4.69) is 15.6 Å². The molecule has 122 valence electrons. The molecule has 0 fully saturated rings. The van der Waals surface area contributed by atoms with Gasteiger partial charge < -0.3 is 14.8 Å². The van der Waals surface area contributed by atoms with Crippen molar-refractivity contribution >= 4 is 11.8 Å². The Morgan fingerprint density at radius 2 is 1.91 bits per heavy atom. The monoisotopic (exact) mass is 315 g/mol. The molecule has 1 aromatic carbocycles. The number of carbonyl (C=O) groups is 1. The van der Waals surface area contributed by atoms with Crippen molar-refractivity contribution in [2.75, 3.05) is 26.1 Å². The van der Waals surface area contributed by atoms with Crippen LogP contribution < -0.4 is 20.1 Å². The number of rotatable bonds is 6. The van der Waals surface area contributed by atoms with Crippen LogP contribution in [-0.4, -0.2) is 31.8 Å². The fraction of sp³-hybridized carbons (Fsp3) is 0.294. The molecule has 2 N–H and O–H groups in total. The lowest BCUT2D eigenvalue weighted by atomic mass is 10.1. The number of amides is 2. The molecule has 0 aliphatic carbocycles. The zero-order chi connectivity index (χ0) is 16.7. The zero-order valence-electron chi connectivity index (χ0n) is 13.6. The number of aromatic nitrogens is 1. The summed E-state index contributed by atoms with van der Waals surface area (Å²) in [6.07, 6.45) is 0.690. The maximum atomic E-state index is 11.8. The second-order valence-electron chi connectivity index (χ2n) is 4.98. The molecule has 0 spiro atoms. The first-order valence-electron chi connectivity index (χ1n) is 7.32. The maximum absolute atomic E-state index is 11.8. The molecule has 0 radical (unpaired) electrons. The van der Waals surface area contributed by atoms with E-state index in [1.165, 1.54) is 0 Å². The Kier molecular flexibility index (Phi) is 5.80. The van der Waals surface area contributed by atoms with Crippen molar-refractivity contribution in [1.82, 2.24) is 10.3 Å². The van der Waals surface area contributed by atoms with Gasteiger partial charge in [-0.15, -0.1) is 0 Å². The van der Waals surface area contributed by atoms with Crippen molar-refractivity contribution in [3.63, 3.8) is 0 Å². The van der Waals surface area contributed by atoms with Gasteiger partial charge in [0.1, 0.15) is 5.82 Å². The molecule has 0 saturated heterocycles. The number of hydrogen-bond acceptors (Lipinski definition) is 4. The molecule has 0 aliphatic rings. The van der Waals surface area contributed by atoms with E-state index in [0.29, 0.717) is 30.3 Å². The normalized spacial score (nSPS) is 10.0. The number of aryl methyl sites for hydroxylation is 1. The standard InChI is InChI=1S/C17H21N3O3/c1-12-5-4-6-16(19-12)20-17(21)18-10-9-13-7-8-14(22-2)15(11-13)23-3/h4-8,11H,9-10H2,1-3H3,(H2,18,19,20,21). The molecule has 2 aromatic rings. The number of urea groups is 1. The fourth-order valence-corrected chi connectivity index (χ4v) is 2.13. The molecule has 2 rings (SSSR count). The third kappa shape index (κ3) is 4.88. The SMILES string of the molecule is COc1ccc(CCNC(=O)Nc2cccc(C)n2)cc1OC. The molecule has 0 atom stereocenters. The Labute approximate surface area is 135 Å². The van der Waals surface area contributed by atoms with Crippen LogP contribution in [0.2, 0.25) is 0 Å². The summed E-state index contributed by atoms with van der Waals surface area (Å²) < 4.78 is 10.5. The summed E-state index contributed by atoms with van der Waals surface area (Å²) in [5.41, 5.74) is 1.91. The Bertz CT molecular complexity index is 674. The first-order valence-corrected chi connectivity index (χ1v) is 7.32. The number of anilines is 1. The number of benzene rings is 1. The van der Waals surface area contributed by atoms with Gasteiger partial charge in [-0.3, -0.25) is 5.32 Å². The highest BCUT2D eigenvalue weighted by Gasteiger charge is 2.06. The van der Waals surface area contributed by atoms with E-state index in [-0.39, 0.29) is 6.03 Å². The van der Waals surface area contributed by atoms with Gasteiger partial charge in [0, 0.05) is 12.2 Å². The van der Waals surface area contributed by atoms with Crippen LogP contribution in [0, 0.1) is 6.92 Å². The smallest absolute Gasteiger partial charge is 0.320 e. The summed E-state index contributed by atoms with van der Waals surface area (Å²) in [4.78, 5) is 16.0. The Morgan fingerprint density at radius 3 is 2.61 bits per heavy atom. The van der Waals surface area contributed by atoms with Crippen molar-refractivity contribution in [2.24, 2.45) is 0 Å². The molecule has 2 amide bonds. The summed E-state index contributed by atoms with van der Waals surface area (Å²) in [5, 5.41) is 5.51. The van der Waals surface area contributed by atoms with Gasteiger partial charge in [-0.05, 0) is 43.2 Å². The molecule has 6 nitrogen and oxygen atoms in total. The van der Waals surface area contributed by atoms with Crippen molar-refractivity contribution in [3.05, 3.63) is 47.7 Å². The van der Waals surface area contributed by atoms with Crippen LogP contribution in [0.1, 0.15) is 11.3 Å². The average Bonchev–Trinajstić information content (AvgIpc) is 2.54. The van der Waals surface area contributed by atoms with E-state index in [1.54, 1.807) is 20.3 Å². The first kappa shape index (κ1) is 16.6. The number of methoxy groups -OCH3 is 2. The van der Waals surface area contributed by atoms with Gasteiger partial charge in [0.25, 0.3) is 0 Å². The molecule has 1 aromatic heterocycles. The van der Waals surface area contributed by atoms with E-state index in [4.69, 9.17) is 9.47 Å². The van der Waals surface area contributed by atoms with Crippen molar-refractivity contribution in [3.8, 4) is 11.5 Å². The molecule has 0 saturated carbocycles. The zero-order valence-corrected chi connectivity index (χ0v) is 13.6. The summed E-state index contributed by atoms with van der Waals surface area (Å²) in [7, 11) is 3.20. The quantitative estimate of drug-likeness (QED) is 0.860. The Morgan fingerprint density at radius 1 is 1.13 bits per heavy atom. The summed E-state index contributed by atoms with van der Waals surface area (Å²) >= 11 is 0. The van der Waals surface area contributed by atoms with Gasteiger partial charge >= 0.3 is 6.03 Å². The van der Waals surface area contributed by atoms with Gasteiger partial charge in [-0.25, -0.2) is 9.78 Å². The van der Waals surface area contributed by atoms with Crippen LogP contribution in [0.15, 0.2) is 36.4 Å². The number of nitrogens with zero attached hydrogens (tertiary/aromatic N) is 1. The summed E-state index contributed by atoms with van der Waals surface area (Å²) in [5.74, 6) is 1.90. The second-order valence-corrected chi connectivity index (χ2v) is 4.98. The highest BCUT2D eigenvalue weighted by atomic mass is 16.5. The van der Waals surface area contributed by atoms with Crippen LogP contribution in [-0.2, 0) is 6.42 Å². The number of hydrogen-bond donors (Lipinski definition) is 2. The molecule has 23 heavy (non-hydrogen) atoms. The number of carbonyl (C=O) groups excluding carboxylic acids is 1. The molecule has 6 heteroatoms. The largest absolute Gasteiger partial charge is 0.493 e. The molecular formula is C17H21N3O3. The van der Waals surface area contributed by atoms with E-state index in [9.17, 15) is 4.79 Å². The van der Waals surface area contributed by atoms with Gasteiger partial charge in [0.15, 0.2) is 11.5 Å². The minimum absolute atomic E-state index is 0.274. The van der Waals surface area contributed by atoms with E-state index in [1.807, 2.05) is 37.3 Å². The van der Waals surface area contributed by atoms with Crippen LogP contribution in [0.4, 0.5) is 10.6 Å². The predicted molar refractivity (Wildman–Crippen MR) is 89.2 cm³/mol. The lowest BCUT2D eigenvalue weighted by Gasteiger charge is -2.10. The maximum Gasteiger partial charge on any atom is 0.320 e. The molecule has 1 heterocycles. The fourth-order valence-electron chi connectivity index (χ4n) is 2.13. The number of nitrogens with one attached hydrogen (secondary N) is 2. The van der Waals surface area contributed by atoms with E-state index >= 15 is 0 Å². The highest BCUT2D eigenvalue weighted by Crippen LogP contribution is 2.27. The van der Waals surface area contributed by atoms with Crippen molar-refractivity contribution in [2.45, 2.75) is 13.3 Å². The second kappa shape index (κ2) is 8.03. The third-order valence-electron chi connectivity index (χ3n) is 3.28. The number of ether oxygens (including phenoxy) is 2. The van der Waals surface area contributed by atoms with Crippen molar-refractivity contribution in [1.29, 1.82) is 0 Å². The number of pyridine rings is 1.